The van der Waals surface area contributed by atoms with Crippen molar-refractivity contribution in [2.45, 2.75) is 46.1 Å². The molecule has 132 valence electrons. The SMILES string of the molecule is CCCCN(CC)CC(CC)Nc1cc(OC)cc2cccnc12. The van der Waals surface area contributed by atoms with Crippen LogP contribution in [0.5, 0.6) is 5.75 Å². The maximum atomic E-state index is 5.46. The number of pyridine rings is 1. The number of unbranched alkanes of at least 4 members (excludes halogenated alkanes) is 1. The first-order valence-electron chi connectivity index (χ1n) is 9.13. The number of methoxy groups -OCH3 is 1. The standard InChI is InChI=1S/C20H31N3O/c1-5-8-12-23(7-3)15-17(6-2)22-19-14-18(24-4)13-16-10-9-11-21-20(16)19/h9-11,13-14,17,22H,5-8,12,15H2,1-4H3. The summed E-state index contributed by atoms with van der Waals surface area (Å²) in [7, 11) is 1.71. The van der Waals surface area contributed by atoms with Gasteiger partial charge in [0.05, 0.1) is 18.3 Å². The van der Waals surface area contributed by atoms with Crippen molar-refractivity contribution in [1.82, 2.24) is 9.88 Å². The van der Waals surface area contributed by atoms with Gasteiger partial charge in [-0.25, -0.2) is 0 Å². The lowest BCUT2D eigenvalue weighted by atomic mass is 10.1. The zero-order valence-corrected chi connectivity index (χ0v) is 15.5. The minimum atomic E-state index is 0.402. The van der Waals surface area contributed by atoms with E-state index < -0.39 is 0 Å². The third kappa shape index (κ3) is 4.84. The quantitative estimate of drug-likeness (QED) is 0.693. The number of ether oxygens (including phenoxy) is 1. The number of hydrogen-bond acceptors (Lipinski definition) is 4. The monoisotopic (exact) mass is 329 g/mol. The molecule has 0 aliphatic carbocycles. The summed E-state index contributed by atoms with van der Waals surface area (Å²) in [5.41, 5.74) is 2.07. The largest absolute Gasteiger partial charge is 0.497 e. The van der Waals surface area contributed by atoms with E-state index >= 15 is 0 Å². The second-order valence-electron chi connectivity index (χ2n) is 6.25. The highest BCUT2D eigenvalue weighted by Crippen LogP contribution is 2.28. The minimum absolute atomic E-state index is 0.402. The number of nitrogens with zero attached hydrogens (tertiary/aromatic N) is 2. The molecule has 0 saturated heterocycles. The average Bonchev–Trinajstić information content (AvgIpc) is 2.63. The molecule has 0 saturated carbocycles. The molecule has 1 N–H and O–H groups in total. The molecular formula is C20H31N3O. The number of hydrogen-bond donors (Lipinski definition) is 1. The Morgan fingerprint density at radius 2 is 2.08 bits per heavy atom. The third-order valence-corrected chi connectivity index (χ3v) is 4.52. The van der Waals surface area contributed by atoms with E-state index in [0.717, 1.165) is 41.9 Å². The predicted octanol–water partition coefficient (Wildman–Crippen LogP) is 4.56. The number of likely N-dealkylation sites (N-methyl/N-ethyl adjacent to an activating group) is 1. The molecule has 0 radical (unpaired) electrons. The minimum Gasteiger partial charge on any atom is -0.497 e. The molecule has 0 aliphatic rings. The Morgan fingerprint density at radius 3 is 2.75 bits per heavy atom. The van der Waals surface area contributed by atoms with Crippen molar-refractivity contribution in [3.05, 3.63) is 30.5 Å². The van der Waals surface area contributed by atoms with Crippen LogP contribution in [0.1, 0.15) is 40.0 Å². The summed E-state index contributed by atoms with van der Waals surface area (Å²) >= 11 is 0. The van der Waals surface area contributed by atoms with Crippen LogP contribution in [-0.4, -0.2) is 42.7 Å². The number of rotatable bonds is 10. The van der Waals surface area contributed by atoms with Crippen LogP contribution in [0.15, 0.2) is 30.5 Å². The van der Waals surface area contributed by atoms with Gasteiger partial charge in [0.2, 0.25) is 0 Å². The normalized spacial score (nSPS) is 12.5. The Bertz CT molecular complexity index is 629. The Morgan fingerprint density at radius 1 is 1.25 bits per heavy atom. The number of nitrogens with one attached hydrogen (secondary N) is 1. The van der Waals surface area contributed by atoms with E-state index in [0.29, 0.717) is 6.04 Å². The molecule has 2 aromatic rings. The van der Waals surface area contributed by atoms with E-state index in [1.165, 1.54) is 19.4 Å². The van der Waals surface area contributed by atoms with Crippen molar-refractivity contribution in [3.8, 4) is 5.75 Å². The topological polar surface area (TPSA) is 37.4 Å². The summed E-state index contributed by atoms with van der Waals surface area (Å²) in [6.07, 6.45) is 5.42. The van der Waals surface area contributed by atoms with E-state index in [-0.39, 0.29) is 0 Å². The van der Waals surface area contributed by atoms with Crippen molar-refractivity contribution in [2.24, 2.45) is 0 Å². The first-order chi connectivity index (χ1) is 11.7. The van der Waals surface area contributed by atoms with E-state index in [2.05, 4.69) is 48.1 Å². The van der Waals surface area contributed by atoms with Gasteiger partial charge in [-0.1, -0.05) is 33.3 Å². The lowest BCUT2D eigenvalue weighted by Gasteiger charge is -2.27. The van der Waals surface area contributed by atoms with E-state index in [1.807, 2.05) is 18.3 Å². The van der Waals surface area contributed by atoms with Gasteiger partial charge in [-0.15, -0.1) is 0 Å². The van der Waals surface area contributed by atoms with Crippen LogP contribution >= 0.6 is 0 Å². The van der Waals surface area contributed by atoms with Crippen LogP contribution in [0.3, 0.4) is 0 Å². The van der Waals surface area contributed by atoms with Crippen LogP contribution in [0.2, 0.25) is 0 Å². The molecule has 1 unspecified atom stereocenters. The van der Waals surface area contributed by atoms with Crippen LogP contribution in [0, 0.1) is 0 Å². The molecule has 4 heteroatoms. The van der Waals surface area contributed by atoms with Crippen LogP contribution in [0.25, 0.3) is 10.9 Å². The van der Waals surface area contributed by atoms with Crippen LogP contribution < -0.4 is 10.1 Å². The van der Waals surface area contributed by atoms with Crippen molar-refractivity contribution in [2.75, 3.05) is 32.1 Å². The molecular weight excluding hydrogens is 298 g/mol. The number of benzene rings is 1. The molecule has 4 nitrogen and oxygen atoms in total. The van der Waals surface area contributed by atoms with Crippen LogP contribution in [0.4, 0.5) is 5.69 Å². The number of anilines is 1. The Hall–Kier alpha value is -1.81. The Labute approximate surface area is 146 Å². The maximum Gasteiger partial charge on any atom is 0.121 e. The molecule has 0 amide bonds. The molecule has 2 rings (SSSR count). The fourth-order valence-electron chi connectivity index (χ4n) is 2.96. The maximum absolute atomic E-state index is 5.46. The van der Waals surface area contributed by atoms with Crippen LogP contribution in [-0.2, 0) is 0 Å². The summed E-state index contributed by atoms with van der Waals surface area (Å²) in [5.74, 6) is 0.867. The lowest BCUT2D eigenvalue weighted by molar-refractivity contribution is 0.269. The predicted molar refractivity (Wildman–Crippen MR) is 103 cm³/mol. The summed E-state index contributed by atoms with van der Waals surface area (Å²) < 4.78 is 5.46. The van der Waals surface area contributed by atoms with Gasteiger partial charge in [0.15, 0.2) is 0 Å². The van der Waals surface area contributed by atoms with Crippen molar-refractivity contribution in [1.29, 1.82) is 0 Å². The average molecular weight is 329 g/mol. The first-order valence-corrected chi connectivity index (χ1v) is 9.13. The van der Waals surface area contributed by atoms with Gasteiger partial charge in [0.25, 0.3) is 0 Å². The summed E-state index contributed by atoms with van der Waals surface area (Å²) in [6.45, 7) is 10.0. The zero-order chi connectivity index (χ0) is 17.4. The van der Waals surface area contributed by atoms with Gasteiger partial charge in [0, 0.05) is 30.2 Å². The molecule has 1 atom stereocenters. The molecule has 24 heavy (non-hydrogen) atoms. The molecule has 1 heterocycles. The second kappa shape index (κ2) is 9.48. The Kier molecular flexibility index (Phi) is 7.32. The van der Waals surface area contributed by atoms with Gasteiger partial charge >= 0.3 is 0 Å². The second-order valence-corrected chi connectivity index (χ2v) is 6.25. The van der Waals surface area contributed by atoms with E-state index in [9.17, 15) is 0 Å². The van der Waals surface area contributed by atoms with Gasteiger partial charge < -0.3 is 15.0 Å². The molecule has 1 aromatic heterocycles. The molecule has 0 bridgehead atoms. The summed E-state index contributed by atoms with van der Waals surface area (Å²) in [4.78, 5) is 7.09. The molecule has 0 fully saturated rings. The Balaban J connectivity index is 2.19. The summed E-state index contributed by atoms with van der Waals surface area (Å²) in [6, 6.07) is 8.54. The first kappa shape index (κ1) is 18.5. The highest BCUT2D eigenvalue weighted by atomic mass is 16.5. The van der Waals surface area contributed by atoms with Gasteiger partial charge in [-0.2, -0.15) is 0 Å². The molecule has 1 aromatic carbocycles. The number of aromatic nitrogens is 1. The highest BCUT2D eigenvalue weighted by molar-refractivity contribution is 5.91. The molecule has 0 spiro atoms. The summed E-state index contributed by atoms with van der Waals surface area (Å²) in [5, 5.41) is 4.81. The smallest absolute Gasteiger partial charge is 0.121 e. The van der Waals surface area contributed by atoms with Gasteiger partial charge in [-0.05, 0) is 38.1 Å². The van der Waals surface area contributed by atoms with Crippen molar-refractivity contribution in [3.63, 3.8) is 0 Å². The zero-order valence-electron chi connectivity index (χ0n) is 15.5. The fourth-order valence-corrected chi connectivity index (χ4v) is 2.96. The molecule has 0 aliphatic heterocycles. The number of fused-ring (bicyclic) bond motifs is 1. The van der Waals surface area contributed by atoms with Crippen molar-refractivity contribution < 1.29 is 4.74 Å². The fraction of sp³-hybridized carbons (Fsp3) is 0.550. The third-order valence-electron chi connectivity index (χ3n) is 4.52. The van der Waals surface area contributed by atoms with Crippen molar-refractivity contribution >= 4 is 16.6 Å². The van der Waals surface area contributed by atoms with Gasteiger partial charge in [-0.3, -0.25) is 4.98 Å². The van der Waals surface area contributed by atoms with Gasteiger partial charge in [0.1, 0.15) is 5.75 Å². The highest BCUT2D eigenvalue weighted by Gasteiger charge is 2.14. The lowest BCUT2D eigenvalue weighted by Crippen LogP contribution is -2.37. The van der Waals surface area contributed by atoms with E-state index in [1.54, 1.807) is 7.11 Å². The van der Waals surface area contributed by atoms with E-state index in [4.69, 9.17) is 4.74 Å².